The quantitative estimate of drug-likeness (QED) is 0.711. The maximum atomic E-state index is 10.7. The number of aliphatic carboxylic acids is 1. The molecule has 15 heavy (non-hydrogen) atoms. The van der Waals surface area contributed by atoms with Gasteiger partial charge in [0.15, 0.2) is 0 Å². The van der Waals surface area contributed by atoms with Gasteiger partial charge in [-0.3, -0.25) is 4.79 Å². The number of rotatable bonds is 6. The van der Waals surface area contributed by atoms with Crippen molar-refractivity contribution in [3.05, 3.63) is 0 Å². The van der Waals surface area contributed by atoms with E-state index < -0.39 is 11.9 Å². The number of hydrogen-bond acceptors (Lipinski definition) is 2. The molecule has 0 amide bonds. The monoisotopic (exact) mass is 213 g/mol. The van der Waals surface area contributed by atoms with Crippen LogP contribution in [0.3, 0.4) is 0 Å². The zero-order valence-corrected chi connectivity index (χ0v) is 9.78. The highest BCUT2D eigenvalue weighted by Crippen LogP contribution is 2.33. The Morgan fingerprint density at radius 2 is 2.07 bits per heavy atom. The van der Waals surface area contributed by atoms with Gasteiger partial charge in [0.1, 0.15) is 0 Å². The molecule has 3 heteroatoms. The van der Waals surface area contributed by atoms with Crippen LogP contribution in [0.25, 0.3) is 0 Å². The van der Waals surface area contributed by atoms with Crippen LogP contribution in [0.1, 0.15) is 46.0 Å². The second-order valence-corrected chi connectivity index (χ2v) is 5.16. The van der Waals surface area contributed by atoms with Crippen LogP contribution in [-0.2, 0) is 4.79 Å². The van der Waals surface area contributed by atoms with Crippen molar-refractivity contribution in [1.29, 1.82) is 0 Å². The molecule has 0 aromatic heterocycles. The summed E-state index contributed by atoms with van der Waals surface area (Å²) in [5.74, 6) is 0.242. The normalized spacial score (nSPS) is 22.9. The average Bonchev–Trinajstić information content (AvgIpc) is 2.09. The number of carboxylic acids is 1. The zero-order valence-electron chi connectivity index (χ0n) is 9.78. The maximum Gasteiger partial charge on any atom is 0.307 e. The van der Waals surface area contributed by atoms with E-state index in [2.05, 4.69) is 6.92 Å². The Hall–Kier alpha value is -0.570. The summed E-state index contributed by atoms with van der Waals surface area (Å²) in [5.41, 5.74) is 5.87. The summed E-state index contributed by atoms with van der Waals surface area (Å²) in [6, 6.07) is -0.197. The molecule has 0 aromatic carbocycles. The molecule has 1 fully saturated rings. The highest BCUT2D eigenvalue weighted by molar-refractivity contribution is 5.70. The Bertz CT molecular complexity index is 214. The van der Waals surface area contributed by atoms with E-state index in [1.807, 2.05) is 0 Å². The van der Waals surface area contributed by atoms with Gasteiger partial charge >= 0.3 is 5.97 Å². The van der Waals surface area contributed by atoms with E-state index in [9.17, 15) is 4.79 Å². The first-order chi connectivity index (χ1) is 7.00. The van der Waals surface area contributed by atoms with E-state index in [1.165, 1.54) is 25.7 Å². The molecular weight excluding hydrogens is 190 g/mol. The van der Waals surface area contributed by atoms with Gasteiger partial charge in [0.05, 0.1) is 5.92 Å². The van der Waals surface area contributed by atoms with Crippen molar-refractivity contribution in [2.24, 2.45) is 23.5 Å². The molecule has 1 aliphatic rings. The number of hydrogen-bond donors (Lipinski definition) is 2. The lowest BCUT2D eigenvalue weighted by molar-refractivity contribution is -0.141. The van der Waals surface area contributed by atoms with Gasteiger partial charge in [-0.2, -0.15) is 0 Å². The summed E-state index contributed by atoms with van der Waals surface area (Å²) in [6.07, 6.45) is 6.14. The van der Waals surface area contributed by atoms with Gasteiger partial charge in [0.25, 0.3) is 0 Å². The van der Waals surface area contributed by atoms with E-state index in [4.69, 9.17) is 10.8 Å². The van der Waals surface area contributed by atoms with Gasteiger partial charge in [-0.25, -0.2) is 0 Å². The lowest BCUT2D eigenvalue weighted by Crippen LogP contribution is -2.35. The van der Waals surface area contributed by atoms with Crippen molar-refractivity contribution >= 4 is 5.97 Å². The predicted molar refractivity (Wildman–Crippen MR) is 60.5 cm³/mol. The minimum atomic E-state index is -0.779. The van der Waals surface area contributed by atoms with Crippen LogP contribution in [0.5, 0.6) is 0 Å². The van der Waals surface area contributed by atoms with Gasteiger partial charge in [0, 0.05) is 6.04 Å². The minimum Gasteiger partial charge on any atom is -0.481 e. The van der Waals surface area contributed by atoms with E-state index in [0.29, 0.717) is 5.92 Å². The SMILES string of the molecule is CC(CC1CCC1)CC(N)C(C)C(=O)O. The molecule has 0 aliphatic heterocycles. The van der Waals surface area contributed by atoms with Gasteiger partial charge in [-0.1, -0.05) is 33.1 Å². The Labute approximate surface area is 92.0 Å². The zero-order chi connectivity index (χ0) is 11.4. The lowest BCUT2D eigenvalue weighted by Gasteiger charge is -2.29. The molecule has 3 nitrogen and oxygen atoms in total. The van der Waals surface area contributed by atoms with Crippen molar-refractivity contribution in [3.8, 4) is 0 Å². The second kappa shape index (κ2) is 5.50. The third-order valence-corrected chi connectivity index (χ3v) is 3.67. The Morgan fingerprint density at radius 3 is 2.47 bits per heavy atom. The van der Waals surface area contributed by atoms with Crippen molar-refractivity contribution in [2.75, 3.05) is 0 Å². The molecule has 0 saturated heterocycles. The van der Waals surface area contributed by atoms with Crippen molar-refractivity contribution in [1.82, 2.24) is 0 Å². The van der Waals surface area contributed by atoms with E-state index in [1.54, 1.807) is 6.92 Å². The fourth-order valence-electron chi connectivity index (χ4n) is 2.25. The highest BCUT2D eigenvalue weighted by atomic mass is 16.4. The molecule has 3 atom stereocenters. The van der Waals surface area contributed by atoms with E-state index in [0.717, 1.165) is 12.3 Å². The maximum absolute atomic E-state index is 10.7. The summed E-state index contributed by atoms with van der Waals surface area (Å²) in [7, 11) is 0. The third-order valence-electron chi connectivity index (χ3n) is 3.67. The first-order valence-corrected chi connectivity index (χ1v) is 5.99. The molecular formula is C12H23NO2. The predicted octanol–water partition coefficient (Wildman–Crippen LogP) is 2.25. The van der Waals surface area contributed by atoms with Gasteiger partial charge in [-0.15, -0.1) is 0 Å². The van der Waals surface area contributed by atoms with Crippen LogP contribution in [0.15, 0.2) is 0 Å². The van der Waals surface area contributed by atoms with Crippen LogP contribution in [0, 0.1) is 17.8 Å². The summed E-state index contributed by atoms with van der Waals surface area (Å²) < 4.78 is 0. The summed E-state index contributed by atoms with van der Waals surface area (Å²) >= 11 is 0. The summed E-state index contributed by atoms with van der Waals surface area (Å²) in [4.78, 5) is 10.7. The largest absolute Gasteiger partial charge is 0.481 e. The van der Waals surface area contributed by atoms with E-state index in [-0.39, 0.29) is 6.04 Å². The van der Waals surface area contributed by atoms with Gasteiger partial charge < -0.3 is 10.8 Å². The van der Waals surface area contributed by atoms with Gasteiger partial charge in [-0.05, 0) is 24.7 Å². The average molecular weight is 213 g/mol. The second-order valence-electron chi connectivity index (χ2n) is 5.16. The molecule has 3 N–H and O–H groups in total. The Morgan fingerprint density at radius 1 is 1.47 bits per heavy atom. The van der Waals surface area contributed by atoms with E-state index >= 15 is 0 Å². The molecule has 1 rings (SSSR count). The molecule has 0 spiro atoms. The van der Waals surface area contributed by atoms with Crippen molar-refractivity contribution < 1.29 is 9.90 Å². The Kier molecular flexibility index (Phi) is 4.58. The molecule has 0 radical (unpaired) electrons. The fourth-order valence-corrected chi connectivity index (χ4v) is 2.25. The highest BCUT2D eigenvalue weighted by Gasteiger charge is 2.25. The van der Waals surface area contributed by atoms with Crippen LogP contribution in [0.2, 0.25) is 0 Å². The number of carbonyl (C=O) groups is 1. The topological polar surface area (TPSA) is 63.3 Å². The van der Waals surface area contributed by atoms with Gasteiger partial charge in [0.2, 0.25) is 0 Å². The number of carboxylic acid groups (broad SMARTS) is 1. The smallest absolute Gasteiger partial charge is 0.307 e. The molecule has 3 unspecified atom stereocenters. The van der Waals surface area contributed by atoms with Crippen LogP contribution < -0.4 is 5.73 Å². The van der Waals surface area contributed by atoms with Crippen LogP contribution in [0.4, 0.5) is 0 Å². The van der Waals surface area contributed by atoms with Crippen molar-refractivity contribution in [2.45, 2.75) is 52.0 Å². The third kappa shape index (κ3) is 3.82. The fraction of sp³-hybridized carbons (Fsp3) is 0.917. The molecule has 1 aliphatic carbocycles. The molecule has 0 bridgehead atoms. The molecule has 0 aromatic rings. The molecule has 0 heterocycles. The lowest BCUT2D eigenvalue weighted by atomic mass is 9.77. The first kappa shape index (κ1) is 12.5. The molecule has 1 saturated carbocycles. The molecule has 88 valence electrons. The number of nitrogens with two attached hydrogens (primary N) is 1. The van der Waals surface area contributed by atoms with Crippen LogP contribution in [-0.4, -0.2) is 17.1 Å². The summed E-state index contributed by atoms with van der Waals surface area (Å²) in [6.45, 7) is 3.88. The Balaban J connectivity index is 2.23. The minimum absolute atomic E-state index is 0.197. The van der Waals surface area contributed by atoms with Crippen molar-refractivity contribution in [3.63, 3.8) is 0 Å². The summed E-state index contributed by atoms with van der Waals surface area (Å²) in [5, 5.41) is 8.82. The van der Waals surface area contributed by atoms with Crippen LogP contribution >= 0.6 is 0 Å². The first-order valence-electron chi connectivity index (χ1n) is 5.99. The standard InChI is InChI=1S/C12H23NO2/c1-8(6-10-4-3-5-10)7-11(13)9(2)12(14)15/h8-11H,3-7,13H2,1-2H3,(H,14,15).